The molecule has 0 saturated heterocycles. The van der Waals surface area contributed by atoms with E-state index in [1.807, 2.05) is 6.92 Å². The molecule has 3 N–H and O–H groups in total. The maximum absolute atomic E-state index is 11.7. The van der Waals surface area contributed by atoms with Gasteiger partial charge in [0, 0.05) is 39.0 Å². The first-order chi connectivity index (χ1) is 10.2. The molecule has 5 nitrogen and oxygen atoms in total. The Bertz CT molecular complexity index is 514. The van der Waals surface area contributed by atoms with Gasteiger partial charge in [0.2, 0.25) is 11.8 Å². The zero-order valence-corrected chi connectivity index (χ0v) is 12.5. The van der Waals surface area contributed by atoms with Gasteiger partial charge in [0.25, 0.3) is 0 Å². The van der Waals surface area contributed by atoms with E-state index >= 15 is 0 Å². The van der Waals surface area contributed by atoms with Crippen molar-refractivity contribution in [2.75, 3.05) is 6.54 Å². The molecule has 1 aliphatic heterocycles. The summed E-state index contributed by atoms with van der Waals surface area (Å²) in [6.45, 7) is 4.91. The fourth-order valence-corrected chi connectivity index (χ4v) is 2.44. The first kappa shape index (κ1) is 15.5. The zero-order valence-electron chi connectivity index (χ0n) is 12.5. The van der Waals surface area contributed by atoms with E-state index in [0.717, 1.165) is 18.7 Å². The van der Waals surface area contributed by atoms with Crippen molar-refractivity contribution >= 4 is 11.8 Å². The summed E-state index contributed by atoms with van der Waals surface area (Å²) in [5.41, 5.74) is 3.78. The highest BCUT2D eigenvalue weighted by atomic mass is 16.2. The summed E-state index contributed by atoms with van der Waals surface area (Å²) in [7, 11) is 0. The third-order valence-electron chi connectivity index (χ3n) is 3.57. The molecule has 114 valence electrons. The van der Waals surface area contributed by atoms with E-state index in [1.54, 1.807) is 0 Å². The molecule has 2 amide bonds. The summed E-state index contributed by atoms with van der Waals surface area (Å²) in [5, 5.41) is 8.93. The highest BCUT2D eigenvalue weighted by Crippen LogP contribution is 2.16. The van der Waals surface area contributed by atoms with Gasteiger partial charge in [-0.05, 0) is 30.0 Å². The number of carbonyl (C=O) groups excluding carboxylic acids is 2. The van der Waals surface area contributed by atoms with Gasteiger partial charge in [-0.2, -0.15) is 0 Å². The van der Waals surface area contributed by atoms with Crippen LogP contribution in [-0.2, 0) is 29.2 Å². The molecule has 0 unspecified atom stereocenters. The van der Waals surface area contributed by atoms with Crippen molar-refractivity contribution in [3.8, 4) is 0 Å². The number of hydrogen-bond donors (Lipinski definition) is 3. The van der Waals surface area contributed by atoms with Gasteiger partial charge in [-0.1, -0.05) is 18.2 Å². The Morgan fingerprint density at radius 3 is 2.57 bits per heavy atom. The largest absolute Gasteiger partial charge is 0.356 e. The molecule has 0 fully saturated rings. The van der Waals surface area contributed by atoms with Gasteiger partial charge in [0.1, 0.15) is 0 Å². The SMILES string of the molecule is CCNC(=O)CCCC(=O)NCc1ccc2c(c1)CNC2. The van der Waals surface area contributed by atoms with Crippen LogP contribution in [0.3, 0.4) is 0 Å². The molecule has 2 rings (SSSR count). The van der Waals surface area contributed by atoms with E-state index < -0.39 is 0 Å². The van der Waals surface area contributed by atoms with Crippen LogP contribution >= 0.6 is 0 Å². The molecule has 1 aromatic carbocycles. The first-order valence-electron chi connectivity index (χ1n) is 7.54. The minimum Gasteiger partial charge on any atom is -0.356 e. The first-order valence-corrected chi connectivity index (χ1v) is 7.54. The molecule has 5 heteroatoms. The highest BCUT2D eigenvalue weighted by Gasteiger charge is 2.10. The minimum atomic E-state index is -0.00192. The molecule has 0 bridgehead atoms. The third kappa shape index (κ3) is 4.86. The summed E-state index contributed by atoms with van der Waals surface area (Å²) >= 11 is 0. The zero-order chi connectivity index (χ0) is 15.1. The van der Waals surface area contributed by atoms with Crippen molar-refractivity contribution in [1.82, 2.24) is 16.0 Å². The van der Waals surface area contributed by atoms with E-state index in [9.17, 15) is 9.59 Å². The lowest BCUT2D eigenvalue weighted by Crippen LogP contribution is -2.25. The van der Waals surface area contributed by atoms with E-state index in [-0.39, 0.29) is 11.8 Å². The maximum atomic E-state index is 11.7. The molecule has 0 aromatic heterocycles. The van der Waals surface area contributed by atoms with Crippen LogP contribution in [0.4, 0.5) is 0 Å². The quantitative estimate of drug-likeness (QED) is 0.706. The van der Waals surface area contributed by atoms with Crippen molar-refractivity contribution in [1.29, 1.82) is 0 Å². The Hall–Kier alpha value is -1.88. The smallest absolute Gasteiger partial charge is 0.220 e. The molecule has 0 spiro atoms. The van der Waals surface area contributed by atoms with Crippen LogP contribution in [0, 0.1) is 0 Å². The molecule has 0 aliphatic carbocycles. The summed E-state index contributed by atoms with van der Waals surface area (Å²) < 4.78 is 0. The Balaban J connectivity index is 1.68. The van der Waals surface area contributed by atoms with Gasteiger partial charge < -0.3 is 16.0 Å². The highest BCUT2D eigenvalue weighted by molar-refractivity contribution is 5.78. The average molecular weight is 289 g/mol. The van der Waals surface area contributed by atoms with Crippen LogP contribution in [0.2, 0.25) is 0 Å². The molecule has 1 heterocycles. The second-order valence-corrected chi connectivity index (χ2v) is 5.29. The van der Waals surface area contributed by atoms with Crippen LogP contribution in [-0.4, -0.2) is 18.4 Å². The number of benzene rings is 1. The number of rotatable bonds is 7. The van der Waals surface area contributed by atoms with Gasteiger partial charge in [-0.15, -0.1) is 0 Å². The van der Waals surface area contributed by atoms with Crippen LogP contribution in [0.1, 0.15) is 42.9 Å². The van der Waals surface area contributed by atoms with Crippen molar-refractivity contribution in [2.24, 2.45) is 0 Å². The molecule has 0 saturated carbocycles. The van der Waals surface area contributed by atoms with Crippen LogP contribution in [0.25, 0.3) is 0 Å². The second kappa shape index (κ2) is 7.78. The summed E-state index contributed by atoms with van der Waals surface area (Å²) in [6.07, 6.45) is 1.39. The van der Waals surface area contributed by atoms with Crippen LogP contribution in [0.5, 0.6) is 0 Å². The number of nitrogens with one attached hydrogen (secondary N) is 3. The number of carbonyl (C=O) groups is 2. The van der Waals surface area contributed by atoms with Gasteiger partial charge in [0.15, 0.2) is 0 Å². The van der Waals surface area contributed by atoms with Crippen molar-refractivity contribution in [3.05, 3.63) is 34.9 Å². The third-order valence-corrected chi connectivity index (χ3v) is 3.57. The van der Waals surface area contributed by atoms with Gasteiger partial charge in [-0.25, -0.2) is 0 Å². The lowest BCUT2D eigenvalue weighted by Gasteiger charge is -2.07. The van der Waals surface area contributed by atoms with E-state index in [2.05, 4.69) is 34.1 Å². The summed E-state index contributed by atoms with van der Waals surface area (Å²) in [5.74, 6) is 0.00865. The van der Waals surface area contributed by atoms with Gasteiger partial charge >= 0.3 is 0 Å². The molecule has 0 atom stereocenters. The average Bonchev–Trinajstić information content (AvgIpc) is 2.93. The van der Waals surface area contributed by atoms with Crippen LogP contribution < -0.4 is 16.0 Å². The monoisotopic (exact) mass is 289 g/mol. The molecule has 0 radical (unpaired) electrons. The minimum absolute atomic E-state index is 0.00192. The molecule has 21 heavy (non-hydrogen) atoms. The predicted molar refractivity (Wildman–Crippen MR) is 81.4 cm³/mol. The fraction of sp³-hybridized carbons (Fsp3) is 0.500. The van der Waals surface area contributed by atoms with E-state index in [1.165, 1.54) is 11.1 Å². The van der Waals surface area contributed by atoms with Gasteiger partial charge in [-0.3, -0.25) is 9.59 Å². The number of hydrogen-bond acceptors (Lipinski definition) is 3. The van der Waals surface area contributed by atoms with Crippen molar-refractivity contribution < 1.29 is 9.59 Å². The van der Waals surface area contributed by atoms with Gasteiger partial charge in [0.05, 0.1) is 0 Å². The molecule has 1 aromatic rings. The Morgan fingerprint density at radius 2 is 1.81 bits per heavy atom. The van der Waals surface area contributed by atoms with E-state index in [4.69, 9.17) is 0 Å². The lowest BCUT2D eigenvalue weighted by molar-refractivity contribution is -0.122. The molecule has 1 aliphatic rings. The summed E-state index contributed by atoms with van der Waals surface area (Å²) in [6, 6.07) is 6.32. The standard InChI is InChI=1S/C16H23N3O2/c1-2-18-15(20)4-3-5-16(21)19-9-12-6-7-13-10-17-11-14(13)8-12/h6-8,17H,2-5,9-11H2,1H3,(H,18,20)(H,19,21). The maximum Gasteiger partial charge on any atom is 0.220 e. The fourth-order valence-electron chi connectivity index (χ4n) is 2.44. The van der Waals surface area contributed by atoms with Crippen molar-refractivity contribution in [2.45, 2.75) is 45.8 Å². The molecular formula is C16H23N3O2. The van der Waals surface area contributed by atoms with E-state index in [0.29, 0.717) is 32.4 Å². The lowest BCUT2D eigenvalue weighted by atomic mass is 10.1. The van der Waals surface area contributed by atoms with Crippen LogP contribution in [0.15, 0.2) is 18.2 Å². The normalized spacial score (nSPS) is 12.8. The number of fused-ring (bicyclic) bond motifs is 1. The predicted octanol–water partition coefficient (Wildman–Crippen LogP) is 1.21. The van der Waals surface area contributed by atoms with Crippen molar-refractivity contribution in [3.63, 3.8) is 0 Å². The second-order valence-electron chi connectivity index (χ2n) is 5.29. The Kier molecular flexibility index (Phi) is 5.75. The topological polar surface area (TPSA) is 70.2 Å². The molecular weight excluding hydrogens is 266 g/mol. The Morgan fingerprint density at radius 1 is 1.10 bits per heavy atom. The number of amides is 2. The Labute approximate surface area is 125 Å². The summed E-state index contributed by atoms with van der Waals surface area (Å²) in [4.78, 5) is 23.0.